The minimum atomic E-state index is -0.553. The van der Waals surface area contributed by atoms with Crippen LogP contribution in [0, 0.1) is 12.7 Å². The van der Waals surface area contributed by atoms with E-state index in [0.29, 0.717) is 44.5 Å². The molecule has 6 heteroatoms. The van der Waals surface area contributed by atoms with Gasteiger partial charge in [0.25, 0.3) is 5.91 Å². The summed E-state index contributed by atoms with van der Waals surface area (Å²) in [5.41, 5.74) is 1.95. The van der Waals surface area contributed by atoms with Gasteiger partial charge in [-0.15, -0.1) is 0 Å². The Labute approximate surface area is 170 Å². The highest BCUT2D eigenvalue weighted by atomic mass is 19.1. The summed E-state index contributed by atoms with van der Waals surface area (Å²) >= 11 is 0. The first-order valence-electron chi connectivity index (χ1n) is 9.82. The van der Waals surface area contributed by atoms with Gasteiger partial charge < -0.3 is 15.0 Å². The zero-order valence-electron chi connectivity index (χ0n) is 16.9. The van der Waals surface area contributed by atoms with E-state index in [4.69, 9.17) is 4.74 Å². The fraction of sp³-hybridized carbons (Fsp3) is 0.391. The first-order chi connectivity index (χ1) is 13.9. The Bertz CT molecular complexity index is 869. The maximum Gasteiger partial charge on any atom is 0.251 e. The number of aryl methyl sites for hydroxylation is 1. The summed E-state index contributed by atoms with van der Waals surface area (Å²) in [6, 6.07) is 13.3. The molecule has 0 bridgehead atoms. The second-order valence-electron chi connectivity index (χ2n) is 7.65. The summed E-state index contributed by atoms with van der Waals surface area (Å²) in [7, 11) is 1.62. The van der Waals surface area contributed by atoms with Crippen molar-refractivity contribution < 1.29 is 18.7 Å². The van der Waals surface area contributed by atoms with Gasteiger partial charge in [0.05, 0.1) is 12.0 Å². The van der Waals surface area contributed by atoms with Crippen molar-refractivity contribution in [2.45, 2.75) is 31.7 Å². The zero-order valence-corrected chi connectivity index (χ0v) is 16.9. The first-order valence-corrected chi connectivity index (χ1v) is 9.82. The van der Waals surface area contributed by atoms with Crippen LogP contribution in [0.15, 0.2) is 48.5 Å². The summed E-state index contributed by atoms with van der Waals surface area (Å²) in [4.78, 5) is 27.4. The highest BCUT2D eigenvalue weighted by Gasteiger charge is 2.41. The summed E-state index contributed by atoms with van der Waals surface area (Å²) < 4.78 is 18.4. The van der Waals surface area contributed by atoms with Crippen LogP contribution in [0.25, 0.3) is 0 Å². The molecule has 0 saturated carbocycles. The van der Waals surface area contributed by atoms with Crippen LogP contribution < -0.4 is 5.32 Å². The molecule has 1 atom stereocenters. The van der Waals surface area contributed by atoms with Gasteiger partial charge in [-0.1, -0.05) is 24.3 Å². The van der Waals surface area contributed by atoms with E-state index < -0.39 is 5.54 Å². The maximum absolute atomic E-state index is 13.2. The van der Waals surface area contributed by atoms with Crippen LogP contribution in [-0.4, -0.2) is 49.1 Å². The fourth-order valence-electron chi connectivity index (χ4n) is 3.75. The smallest absolute Gasteiger partial charge is 0.251 e. The Balaban J connectivity index is 1.70. The van der Waals surface area contributed by atoms with Crippen molar-refractivity contribution >= 4 is 11.8 Å². The van der Waals surface area contributed by atoms with Crippen molar-refractivity contribution in [3.8, 4) is 0 Å². The standard InChI is InChI=1S/C23H27FN2O3/c1-17-5-3-4-6-19(17)15-21(27)26-13-11-23(16-26,12-14-29-2)25-22(28)18-7-9-20(24)10-8-18/h3-10H,11-16H2,1-2H3,(H,25,28). The normalized spacial score (nSPS) is 18.7. The highest BCUT2D eigenvalue weighted by molar-refractivity contribution is 5.94. The third-order valence-electron chi connectivity index (χ3n) is 5.58. The van der Waals surface area contributed by atoms with E-state index in [1.165, 1.54) is 24.3 Å². The van der Waals surface area contributed by atoms with Crippen LogP contribution in [0.5, 0.6) is 0 Å². The largest absolute Gasteiger partial charge is 0.385 e. The van der Waals surface area contributed by atoms with Gasteiger partial charge in [0.2, 0.25) is 5.91 Å². The molecule has 3 rings (SSSR count). The quantitative estimate of drug-likeness (QED) is 0.780. The molecule has 2 amide bonds. The number of likely N-dealkylation sites (tertiary alicyclic amines) is 1. The molecule has 1 aliphatic rings. The lowest BCUT2D eigenvalue weighted by Crippen LogP contribution is -2.51. The lowest BCUT2D eigenvalue weighted by atomic mass is 9.93. The Morgan fingerprint density at radius 1 is 1.17 bits per heavy atom. The molecule has 0 aliphatic carbocycles. The van der Waals surface area contributed by atoms with E-state index in [1.807, 2.05) is 36.1 Å². The van der Waals surface area contributed by atoms with Crippen molar-refractivity contribution in [1.29, 1.82) is 0 Å². The molecule has 2 aromatic rings. The van der Waals surface area contributed by atoms with Crippen molar-refractivity contribution in [3.05, 3.63) is 71.0 Å². The second-order valence-corrected chi connectivity index (χ2v) is 7.65. The minimum Gasteiger partial charge on any atom is -0.385 e. The molecule has 0 spiro atoms. The van der Waals surface area contributed by atoms with Gasteiger partial charge in [0.1, 0.15) is 5.82 Å². The van der Waals surface area contributed by atoms with Crippen LogP contribution in [0.2, 0.25) is 0 Å². The number of nitrogens with one attached hydrogen (secondary N) is 1. The van der Waals surface area contributed by atoms with Gasteiger partial charge in [-0.05, 0) is 55.2 Å². The Hall–Kier alpha value is -2.73. The molecule has 1 unspecified atom stereocenters. The summed E-state index contributed by atoms with van der Waals surface area (Å²) in [6.45, 7) is 3.49. The average molecular weight is 398 g/mol. The molecule has 1 N–H and O–H groups in total. The number of benzene rings is 2. The topological polar surface area (TPSA) is 58.6 Å². The van der Waals surface area contributed by atoms with Crippen LogP contribution >= 0.6 is 0 Å². The van der Waals surface area contributed by atoms with Crippen LogP contribution in [-0.2, 0) is 16.0 Å². The number of carbonyl (C=O) groups is 2. The van der Waals surface area contributed by atoms with E-state index in [1.54, 1.807) is 7.11 Å². The minimum absolute atomic E-state index is 0.0506. The van der Waals surface area contributed by atoms with Crippen molar-refractivity contribution in [3.63, 3.8) is 0 Å². The molecule has 0 radical (unpaired) electrons. The predicted molar refractivity (Wildman–Crippen MR) is 109 cm³/mol. The number of hydrogen-bond donors (Lipinski definition) is 1. The number of methoxy groups -OCH3 is 1. The van der Waals surface area contributed by atoms with Gasteiger partial charge in [0.15, 0.2) is 0 Å². The average Bonchev–Trinajstić information content (AvgIpc) is 3.13. The van der Waals surface area contributed by atoms with Crippen LogP contribution in [0.4, 0.5) is 4.39 Å². The number of halogens is 1. The van der Waals surface area contributed by atoms with Crippen LogP contribution in [0.1, 0.15) is 34.3 Å². The molecular weight excluding hydrogens is 371 g/mol. The number of nitrogens with zero attached hydrogens (tertiary/aromatic N) is 1. The molecule has 1 saturated heterocycles. The third kappa shape index (κ3) is 5.21. The lowest BCUT2D eigenvalue weighted by Gasteiger charge is -2.30. The monoisotopic (exact) mass is 398 g/mol. The van der Waals surface area contributed by atoms with Gasteiger partial charge in [-0.3, -0.25) is 9.59 Å². The van der Waals surface area contributed by atoms with Crippen LogP contribution in [0.3, 0.4) is 0 Å². The Kier molecular flexibility index (Phi) is 6.64. The molecule has 1 heterocycles. The zero-order chi connectivity index (χ0) is 20.9. The summed E-state index contributed by atoms with van der Waals surface area (Å²) in [6.07, 6.45) is 1.60. The van der Waals surface area contributed by atoms with E-state index in [2.05, 4.69) is 5.32 Å². The summed E-state index contributed by atoms with van der Waals surface area (Å²) in [5, 5.41) is 3.09. The number of carbonyl (C=O) groups excluding carboxylic acids is 2. The lowest BCUT2D eigenvalue weighted by molar-refractivity contribution is -0.129. The van der Waals surface area contributed by atoms with Gasteiger partial charge in [-0.2, -0.15) is 0 Å². The SMILES string of the molecule is COCCC1(NC(=O)c2ccc(F)cc2)CCN(C(=O)Cc2ccccc2C)C1. The maximum atomic E-state index is 13.2. The van der Waals surface area contributed by atoms with Crippen molar-refractivity contribution in [2.75, 3.05) is 26.8 Å². The van der Waals surface area contributed by atoms with E-state index in [9.17, 15) is 14.0 Å². The molecule has 154 valence electrons. The molecular formula is C23H27FN2O3. The highest BCUT2D eigenvalue weighted by Crippen LogP contribution is 2.27. The number of rotatable bonds is 7. The van der Waals surface area contributed by atoms with Gasteiger partial charge in [0, 0.05) is 32.4 Å². The summed E-state index contributed by atoms with van der Waals surface area (Å²) in [5.74, 6) is -0.603. The van der Waals surface area contributed by atoms with E-state index >= 15 is 0 Å². The molecule has 1 fully saturated rings. The van der Waals surface area contributed by atoms with Crippen molar-refractivity contribution in [1.82, 2.24) is 10.2 Å². The second kappa shape index (κ2) is 9.18. The number of amides is 2. The first kappa shape index (κ1) is 21.0. The Morgan fingerprint density at radius 2 is 1.90 bits per heavy atom. The molecule has 1 aliphatic heterocycles. The number of hydrogen-bond acceptors (Lipinski definition) is 3. The fourth-order valence-corrected chi connectivity index (χ4v) is 3.75. The number of ether oxygens (including phenoxy) is 1. The van der Waals surface area contributed by atoms with E-state index in [-0.39, 0.29) is 17.6 Å². The predicted octanol–water partition coefficient (Wildman–Crippen LogP) is 3.11. The van der Waals surface area contributed by atoms with Gasteiger partial charge in [-0.25, -0.2) is 4.39 Å². The Morgan fingerprint density at radius 3 is 2.59 bits per heavy atom. The van der Waals surface area contributed by atoms with Crippen molar-refractivity contribution in [2.24, 2.45) is 0 Å². The molecule has 0 aromatic heterocycles. The molecule has 29 heavy (non-hydrogen) atoms. The van der Waals surface area contributed by atoms with Gasteiger partial charge >= 0.3 is 0 Å². The van der Waals surface area contributed by atoms with E-state index in [0.717, 1.165) is 11.1 Å². The third-order valence-corrected chi connectivity index (χ3v) is 5.58. The molecule has 2 aromatic carbocycles. The molecule has 5 nitrogen and oxygen atoms in total.